The van der Waals surface area contributed by atoms with Crippen molar-refractivity contribution >= 4 is 11.7 Å². The molecule has 1 N–H and O–H groups in total. The first kappa shape index (κ1) is 14.8. The normalized spacial score (nSPS) is 9.47. The number of rotatable bonds is 3. The van der Waals surface area contributed by atoms with Crippen molar-refractivity contribution in [2.24, 2.45) is 0 Å². The SMILES string of the molecule is CC.Cc1cn(CC(=O)Nc2cccnn2)nc1C. The van der Waals surface area contributed by atoms with Gasteiger partial charge in [-0.25, -0.2) is 0 Å². The third-order valence-electron chi connectivity index (χ3n) is 2.34. The highest BCUT2D eigenvalue weighted by atomic mass is 16.2. The Hall–Kier alpha value is -2.24. The molecule has 19 heavy (non-hydrogen) atoms. The smallest absolute Gasteiger partial charge is 0.247 e. The second kappa shape index (κ2) is 7.25. The Morgan fingerprint density at radius 1 is 1.37 bits per heavy atom. The zero-order chi connectivity index (χ0) is 14.3. The van der Waals surface area contributed by atoms with E-state index in [1.54, 1.807) is 23.0 Å². The number of nitrogens with one attached hydrogen (secondary N) is 1. The Morgan fingerprint density at radius 2 is 2.11 bits per heavy atom. The van der Waals surface area contributed by atoms with Gasteiger partial charge in [-0.2, -0.15) is 10.2 Å². The van der Waals surface area contributed by atoms with Crippen molar-refractivity contribution in [2.45, 2.75) is 34.2 Å². The Kier molecular flexibility index (Phi) is 5.66. The van der Waals surface area contributed by atoms with E-state index in [-0.39, 0.29) is 12.5 Å². The molecule has 0 spiro atoms. The van der Waals surface area contributed by atoms with Gasteiger partial charge in [-0.1, -0.05) is 13.8 Å². The lowest BCUT2D eigenvalue weighted by atomic mass is 10.3. The second-order valence-electron chi connectivity index (χ2n) is 3.75. The van der Waals surface area contributed by atoms with Gasteiger partial charge in [-0.15, -0.1) is 5.10 Å². The summed E-state index contributed by atoms with van der Waals surface area (Å²) in [6, 6.07) is 3.40. The molecule has 0 saturated carbocycles. The monoisotopic (exact) mass is 261 g/mol. The zero-order valence-electron chi connectivity index (χ0n) is 11.7. The van der Waals surface area contributed by atoms with Crippen molar-refractivity contribution in [3.8, 4) is 0 Å². The maximum absolute atomic E-state index is 11.7. The number of hydrogen-bond donors (Lipinski definition) is 1. The molecule has 0 fully saturated rings. The van der Waals surface area contributed by atoms with Crippen molar-refractivity contribution in [3.05, 3.63) is 35.8 Å². The fourth-order valence-corrected chi connectivity index (χ4v) is 1.40. The molecule has 6 nitrogen and oxygen atoms in total. The van der Waals surface area contributed by atoms with Gasteiger partial charge in [-0.05, 0) is 31.5 Å². The van der Waals surface area contributed by atoms with Crippen LogP contribution in [0.5, 0.6) is 0 Å². The summed E-state index contributed by atoms with van der Waals surface area (Å²) in [6.07, 6.45) is 3.39. The molecule has 2 aromatic heterocycles. The van der Waals surface area contributed by atoms with Crippen molar-refractivity contribution < 1.29 is 4.79 Å². The first-order valence-electron chi connectivity index (χ1n) is 6.23. The minimum atomic E-state index is -0.173. The van der Waals surface area contributed by atoms with Crippen LogP contribution in [0.25, 0.3) is 0 Å². The van der Waals surface area contributed by atoms with Crippen molar-refractivity contribution in [1.29, 1.82) is 0 Å². The van der Waals surface area contributed by atoms with Gasteiger partial charge in [-0.3, -0.25) is 9.48 Å². The number of anilines is 1. The molecule has 0 unspecified atom stereocenters. The van der Waals surface area contributed by atoms with Gasteiger partial charge >= 0.3 is 0 Å². The molecule has 6 heteroatoms. The third kappa shape index (κ3) is 4.50. The fraction of sp³-hybridized carbons (Fsp3) is 0.385. The van der Waals surface area contributed by atoms with Crippen LogP contribution in [0.3, 0.4) is 0 Å². The maximum Gasteiger partial charge on any atom is 0.247 e. The summed E-state index contributed by atoms with van der Waals surface area (Å²) >= 11 is 0. The summed E-state index contributed by atoms with van der Waals surface area (Å²) in [7, 11) is 0. The molecular formula is C13H19N5O. The highest BCUT2D eigenvalue weighted by molar-refractivity contribution is 5.89. The van der Waals surface area contributed by atoms with Gasteiger partial charge < -0.3 is 5.32 Å². The van der Waals surface area contributed by atoms with E-state index in [4.69, 9.17) is 0 Å². The molecule has 102 valence electrons. The van der Waals surface area contributed by atoms with E-state index in [0.29, 0.717) is 5.82 Å². The van der Waals surface area contributed by atoms with E-state index in [9.17, 15) is 4.79 Å². The minimum absolute atomic E-state index is 0.172. The van der Waals surface area contributed by atoms with Crippen LogP contribution in [0.15, 0.2) is 24.5 Å². The minimum Gasteiger partial charge on any atom is -0.308 e. The molecule has 0 aliphatic carbocycles. The van der Waals surface area contributed by atoms with Crippen LogP contribution in [-0.4, -0.2) is 25.9 Å². The Balaban J connectivity index is 0.000000861. The topological polar surface area (TPSA) is 72.7 Å². The van der Waals surface area contributed by atoms with Gasteiger partial charge in [0.25, 0.3) is 0 Å². The van der Waals surface area contributed by atoms with E-state index >= 15 is 0 Å². The second-order valence-corrected chi connectivity index (χ2v) is 3.75. The predicted octanol–water partition coefficient (Wildman–Crippen LogP) is 1.95. The van der Waals surface area contributed by atoms with E-state index in [0.717, 1.165) is 11.3 Å². The van der Waals surface area contributed by atoms with Crippen LogP contribution in [0.2, 0.25) is 0 Å². The van der Waals surface area contributed by atoms with E-state index in [2.05, 4.69) is 20.6 Å². The summed E-state index contributed by atoms with van der Waals surface area (Å²) in [6.45, 7) is 8.04. The van der Waals surface area contributed by atoms with E-state index in [1.807, 2.05) is 33.9 Å². The number of aromatic nitrogens is 4. The van der Waals surface area contributed by atoms with Gasteiger partial charge in [0.1, 0.15) is 6.54 Å². The molecule has 2 rings (SSSR count). The number of hydrogen-bond acceptors (Lipinski definition) is 4. The van der Waals surface area contributed by atoms with Crippen LogP contribution in [0.4, 0.5) is 5.82 Å². The highest BCUT2D eigenvalue weighted by Crippen LogP contribution is 2.03. The summed E-state index contributed by atoms with van der Waals surface area (Å²) in [4.78, 5) is 11.7. The molecule has 1 amide bonds. The summed E-state index contributed by atoms with van der Waals surface area (Å²) in [5.41, 5.74) is 2.00. The van der Waals surface area contributed by atoms with Crippen LogP contribution in [0, 0.1) is 13.8 Å². The quantitative estimate of drug-likeness (QED) is 0.916. The number of carbonyl (C=O) groups is 1. The standard InChI is InChI=1S/C11H13N5O.C2H6/c1-8-6-16(15-9(8)2)7-11(17)13-10-4-3-5-12-14-10;1-2/h3-6H,7H2,1-2H3,(H,13,14,17);1-2H3. The lowest BCUT2D eigenvalue weighted by Gasteiger charge is -2.03. The Labute approximate surface area is 112 Å². The fourth-order valence-electron chi connectivity index (χ4n) is 1.40. The van der Waals surface area contributed by atoms with Gasteiger partial charge in [0.05, 0.1) is 5.69 Å². The average Bonchev–Trinajstić information content (AvgIpc) is 2.71. The lowest BCUT2D eigenvalue weighted by Crippen LogP contribution is -2.19. The van der Waals surface area contributed by atoms with Crippen LogP contribution in [-0.2, 0) is 11.3 Å². The molecule has 0 aliphatic heterocycles. The van der Waals surface area contributed by atoms with Crippen molar-refractivity contribution in [1.82, 2.24) is 20.0 Å². The zero-order valence-corrected chi connectivity index (χ0v) is 11.7. The molecule has 0 aliphatic rings. The molecule has 0 radical (unpaired) electrons. The molecule has 0 atom stereocenters. The molecule has 0 saturated heterocycles. The number of nitrogens with zero attached hydrogens (tertiary/aromatic N) is 4. The first-order chi connectivity index (χ1) is 9.15. The van der Waals surface area contributed by atoms with Crippen LogP contribution >= 0.6 is 0 Å². The highest BCUT2D eigenvalue weighted by Gasteiger charge is 2.06. The van der Waals surface area contributed by atoms with Crippen LogP contribution in [0.1, 0.15) is 25.1 Å². The van der Waals surface area contributed by atoms with E-state index < -0.39 is 0 Å². The molecule has 2 heterocycles. The Bertz CT molecular complexity index is 502. The van der Waals surface area contributed by atoms with Crippen LogP contribution < -0.4 is 5.32 Å². The summed E-state index contributed by atoms with van der Waals surface area (Å²) in [5, 5.41) is 14.3. The largest absolute Gasteiger partial charge is 0.308 e. The maximum atomic E-state index is 11.7. The number of amides is 1. The lowest BCUT2D eigenvalue weighted by molar-refractivity contribution is -0.116. The van der Waals surface area contributed by atoms with Gasteiger partial charge in [0, 0.05) is 12.4 Å². The third-order valence-corrected chi connectivity index (χ3v) is 2.34. The predicted molar refractivity (Wildman–Crippen MR) is 73.7 cm³/mol. The molecular weight excluding hydrogens is 242 g/mol. The molecule has 2 aromatic rings. The van der Waals surface area contributed by atoms with E-state index in [1.165, 1.54) is 0 Å². The summed E-state index contributed by atoms with van der Waals surface area (Å²) < 4.78 is 1.61. The molecule has 0 bridgehead atoms. The van der Waals surface area contributed by atoms with Gasteiger partial charge in [0.15, 0.2) is 5.82 Å². The summed E-state index contributed by atoms with van der Waals surface area (Å²) in [5.74, 6) is 0.270. The average molecular weight is 261 g/mol. The number of aryl methyl sites for hydroxylation is 2. The van der Waals surface area contributed by atoms with Crippen molar-refractivity contribution in [3.63, 3.8) is 0 Å². The molecule has 0 aromatic carbocycles. The Morgan fingerprint density at radius 3 is 2.63 bits per heavy atom. The number of carbonyl (C=O) groups excluding carboxylic acids is 1. The first-order valence-corrected chi connectivity index (χ1v) is 6.23. The van der Waals surface area contributed by atoms with Gasteiger partial charge in [0.2, 0.25) is 5.91 Å². The van der Waals surface area contributed by atoms with Crippen molar-refractivity contribution in [2.75, 3.05) is 5.32 Å².